The van der Waals surface area contributed by atoms with Crippen LogP contribution in [0.4, 0.5) is 0 Å². The fourth-order valence-electron chi connectivity index (χ4n) is 1.87. The molecule has 1 rings (SSSR count). The third kappa shape index (κ3) is 3.31. The second-order valence-corrected chi connectivity index (χ2v) is 6.57. The molecule has 0 aliphatic rings. The Balaban J connectivity index is 3.18. The average Bonchev–Trinajstić information content (AvgIpc) is 2.35. The summed E-state index contributed by atoms with van der Waals surface area (Å²) in [6.07, 6.45) is 0. The van der Waals surface area contributed by atoms with Crippen LogP contribution in [0.2, 0.25) is 0 Å². The highest BCUT2D eigenvalue weighted by atomic mass is 32.2. The molecule has 0 spiro atoms. The first-order chi connectivity index (χ1) is 8.43. The molecule has 0 fully saturated rings. The molecule has 0 saturated carbocycles. The van der Waals surface area contributed by atoms with E-state index in [9.17, 15) is 8.42 Å². The lowest BCUT2D eigenvalue weighted by Crippen LogP contribution is -2.34. The molecule has 2 N–H and O–H groups in total. The van der Waals surface area contributed by atoms with E-state index >= 15 is 0 Å². The molecule has 0 aliphatic heterocycles. The number of nitrogens with two attached hydrogens (primary N) is 1. The molecule has 0 bridgehead atoms. The Kier molecular flexibility index (Phi) is 5.31. The fourth-order valence-corrected chi connectivity index (χ4v) is 3.71. The lowest BCUT2D eigenvalue weighted by Gasteiger charge is -2.23. The Morgan fingerprint density at radius 2 is 1.89 bits per heavy atom. The zero-order chi connectivity index (χ0) is 13.8. The van der Waals surface area contributed by atoms with Gasteiger partial charge in [-0.05, 0) is 17.5 Å². The van der Waals surface area contributed by atoms with E-state index in [1.807, 2.05) is 20.8 Å². The van der Waals surface area contributed by atoms with Gasteiger partial charge in [0.2, 0.25) is 10.0 Å². The van der Waals surface area contributed by atoms with E-state index in [2.05, 4.69) is 0 Å². The monoisotopic (exact) mass is 270 g/mol. The van der Waals surface area contributed by atoms with Crippen molar-refractivity contribution in [2.75, 3.05) is 13.1 Å². The Labute approximate surface area is 110 Å². The first-order valence-electron chi connectivity index (χ1n) is 6.21. The van der Waals surface area contributed by atoms with Gasteiger partial charge in [-0.2, -0.15) is 4.31 Å². The maximum atomic E-state index is 12.5. The number of hydrogen-bond acceptors (Lipinski definition) is 3. The molecule has 102 valence electrons. The molecule has 0 aliphatic carbocycles. The SMILES string of the molecule is CCN(CC(C)C)S(=O)(=O)c1ccccc1CN. The number of sulfonamides is 1. The average molecular weight is 270 g/mol. The molecule has 0 amide bonds. The Morgan fingerprint density at radius 1 is 1.28 bits per heavy atom. The van der Waals surface area contributed by atoms with Gasteiger partial charge in [0.15, 0.2) is 0 Å². The van der Waals surface area contributed by atoms with E-state index in [4.69, 9.17) is 5.73 Å². The van der Waals surface area contributed by atoms with Crippen LogP contribution in [0.3, 0.4) is 0 Å². The maximum absolute atomic E-state index is 12.5. The van der Waals surface area contributed by atoms with Crippen molar-refractivity contribution in [1.29, 1.82) is 0 Å². The molecule has 5 heteroatoms. The van der Waals surface area contributed by atoms with Crippen LogP contribution in [-0.4, -0.2) is 25.8 Å². The molecule has 18 heavy (non-hydrogen) atoms. The Hall–Kier alpha value is -0.910. The summed E-state index contributed by atoms with van der Waals surface area (Å²) in [6.45, 7) is 7.09. The van der Waals surface area contributed by atoms with Gasteiger partial charge in [-0.3, -0.25) is 0 Å². The van der Waals surface area contributed by atoms with Crippen LogP contribution in [0.1, 0.15) is 26.3 Å². The summed E-state index contributed by atoms with van der Waals surface area (Å²) in [5.74, 6) is 0.296. The van der Waals surface area contributed by atoms with Gasteiger partial charge in [0, 0.05) is 19.6 Å². The van der Waals surface area contributed by atoms with Crippen LogP contribution in [0, 0.1) is 5.92 Å². The number of hydrogen-bond donors (Lipinski definition) is 1. The lowest BCUT2D eigenvalue weighted by atomic mass is 10.2. The summed E-state index contributed by atoms with van der Waals surface area (Å²) in [7, 11) is -3.44. The minimum Gasteiger partial charge on any atom is -0.326 e. The first-order valence-corrected chi connectivity index (χ1v) is 7.65. The highest BCUT2D eigenvalue weighted by Gasteiger charge is 2.25. The summed E-state index contributed by atoms with van der Waals surface area (Å²) in [5, 5.41) is 0. The van der Waals surface area contributed by atoms with E-state index in [1.54, 1.807) is 24.3 Å². The second kappa shape index (κ2) is 6.31. The van der Waals surface area contributed by atoms with Crippen molar-refractivity contribution in [3.8, 4) is 0 Å². The van der Waals surface area contributed by atoms with Crippen molar-refractivity contribution in [2.45, 2.75) is 32.2 Å². The molecule has 0 heterocycles. The van der Waals surface area contributed by atoms with Gasteiger partial charge in [0.1, 0.15) is 0 Å². The van der Waals surface area contributed by atoms with Crippen molar-refractivity contribution in [3.05, 3.63) is 29.8 Å². The van der Waals surface area contributed by atoms with Gasteiger partial charge in [0.25, 0.3) is 0 Å². The summed E-state index contributed by atoms with van der Waals surface area (Å²) >= 11 is 0. The third-order valence-electron chi connectivity index (χ3n) is 2.73. The highest BCUT2D eigenvalue weighted by Crippen LogP contribution is 2.20. The topological polar surface area (TPSA) is 63.4 Å². The Morgan fingerprint density at radius 3 is 2.39 bits per heavy atom. The van der Waals surface area contributed by atoms with Gasteiger partial charge < -0.3 is 5.73 Å². The van der Waals surface area contributed by atoms with Crippen LogP contribution in [-0.2, 0) is 16.6 Å². The van der Waals surface area contributed by atoms with Crippen LogP contribution in [0.15, 0.2) is 29.2 Å². The molecule has 0 aromatic heterocycles. The molecule has 0 atom stereocenters. The van der Waals surface area contributed by atoms with Crippen molar-refractivity contribution in [3.63, 3.8) is 0 Å². The molecule has 4 nitrogen and oxygen atoms in total. The van der Waals surface area contributed by atoms with Crippen LogP contribution in [0.25, 0.3) is 0 Å². The maximum Gasteiger partial charge on any atom is 0.243 e. The summed E-state index contributed by atoms with van der Waals surface area (Å²) < 4.78 is 26.6. The van der Waals surface area contributed by atoms with Crippen molar-refractivity contribution in [1.82, 2.24) is 4.31 Å². The highest BCUT2D eigenvalue weighted by molar-refractivity contribution is 7.89. The largest absolute Gasteiger partial charge is 0.326 e. The van der Waals surface area contributed by atoms with Gasteiger partial charge >= 0.3 is 0 Å². The third-order valence-corrected chi connectivity index (χ3v) is 4.77. The van der Waals surface area contributed by atoms with Crippen molar-refractivity contribution < 1.29 is 8.42 Å². The van der Waals surface area contributed by atoms with Gasteiger partial charge in [-0.15, -0.1) is 0 Å². The Bertz CT molecular complexity index is 484. The predicted octanol–water partition coefficient (Wildman–Crippen LogP) is 1.81. The van der Waals surface area contributed by atoms with Gasteiger partial charge in [-0.1, -0.05) is 39.0 Å². The predicted molar refractivity (Wildman–Crippen MR) is 73.6 cm³/mol. The minimum atomic E-state index is -3.44. The zero-order valence-corrected chi connectivity index (χ0v) is 12.1. The quantitative estimate of drug-likeness (QED) is 0.857. The number of rotatable bonds is 6. The standard InChI is InChI=1S/C13H22N2O2S/c1-4-15(10-11(2)3)18(16,17)13-8-6-5-7-12(13)9-14/h5-8,11H,4,9-10,14H2,1-3H3. The summed E-state index contributed by atoms with van der Waals surface area (Å²) in [4.78, 5) is 0.329. The molecule has 1 aromatic rings. The van der Waals surface area contributed by atoms with Gasteiger partial charge in [-0.25, -0.2) is 8.42 Å². The number of benzene rings is 1. The zero-order valence-electron chi connectivity index (χ0n) is 11.3. The molecular formula is C13H22N2O2S. The van der Waals surface area contributed by atoms with E-state index in [1.165, 1.54) is 4.31 Å². The summed E-state index contributed by atoms with van der Waals surface area (Å²) in [5.41, 5.74) is 6.27. The smallest absolute Gasteiger partial charge is 0.243 e. The molecule has 0 saturated heterocycles. The van der Waals surface area contributed by atoms with Crippen LogP contribution < -0.4 is 5.73 Å². The van der Waals surface area contributed by atoms with Gasteiger partial charge in [0.05, 0.1) is 4.90 Å². The van der Waals surface area contributed by atoms with Crippen molar-refractivity contribution in [2.24, 2.45) is 11.7 Å². The lowest BCUT2D eigenvalue weighted by molar-refractivity contribution is 0.380. The first kappa shape index (κ1) is 15.1. The normalized spacial score (nSPS) is 12.3. The second-order valence-electron chi connectivity index (χ2n) is 4.66. The van der Waals surface area contributed by atoms with Crippen LogP contribution in [0.5, 0.6) is 0 Å². The van der Waals surface area contributed by atoms with E-state index in [-0.39, 0.29) is 6.54 Å². The van der Waals surface area contributed by atoms with Crippen LogP contribution >= 0.6 is 0 Å². The van der Waals surface area contributed by atoms with Crippen molar-refractivity contribution >= 4 is 10.0 Å². The molecule has 0 radical (unpaired) electrons. The minimum absolute atomic E-state index is 0.231. The van der Waals surface area contributed by atoms with E-state index in [0.29, 0.717) is 29.5 Å². The van der Waals surface area contributed by atoms with E-state index < -0.39 is 10.0 Å². The number of nitrogens with zero attached hydrogens (tertiary/aromatic N) is 1. The molecule has 0 unspecified atom stereocenters. The fraction of sp³-hybridized carbons (Fsp3) is 0.538. The van der Waals surface area contributed by atoms with E-state index in [0.717, 1.165) is 0 Å². The molecule has 1 aromatic carbocycles. The summed E-state index contributed by atoms with van der Waals surface area (Å²) in [6, 6.07) is 6.92. The molecular weight excluding hydrogens is 248 g/mol.